The first-order valence-electron chi connectivity index (χ1n) is 4.62. The number of hydrogen-bond acceptors (Lipinski definition) is 3. The van der Waals surface area contributed by atoms with Gasteiger partial charge in [0.2, 0.25) is 5.91 Å². The molecule has 0 aliphatic rings. The van der Waals surface area contributed by atoms with Crippen molar-refractivity contribution >= 4 is 5.91 Å². The molecule has 0 bridgehead atoms. The zero-order valence-corrected chi connectivity index (χ0v) is 8.79. The maximum atomic E-state index is 11.0. The summed E-state index contributed by atoms with van der Waals surface area (Å²) in [6, 6.07) is -0.251. The molecule has 0 fully saturated rings. The lowest BCUT2D eigenvalue weighted by molar-refractivity contribution is -0.122. The summed E-state index contributed by atoms with van der Waals surface area (Å²) in [5.41, 5.74) is 0. The van der Waals surface area contributed by atoms with Crippen LogP contribution in [0.1, 0.15) is 20.8 Å². The van der Waals surface area contributed by atoms with Crippen LogP contribution in [0.2, 0.25) is 0 Å². The largest absolute Gasteiger partial charge is 0.392 e. The molecule has 0 radical (unpaired) electrons. The molecule has 0 aromatic carbocycles. The summed E-state index contributed by atoms with van der Waals surface area (Å²) in [6.45, 7) is 6.10. The predicted octanol–water partition coefficient (Wildman–Crippen LogP) is -0.273. The summed E-state index contributed by atoms with van der Waals surface area (Å²) >= 11 is 0. The van der Waals surface area contributed by atoms with Crippen LogP contribution in [0.3, 0.4) is 0 Å². The van der Waals surface area contributed by atoms with Gasteiger partial charge in [-0.3, -0.25) is 4.79 Å². The molecule has 0 saturated heterocycles. The number of amides is 1. The third kappa shape index (κ3) is 4.85. The van der Waals surface area contributed by atoms with Crippen molar-refractivity contribution in [2.45, 2.75) is 32.9 Å². The van der Waals surface area contributed by atoms with E-state index in [2.05, 4.69) is 10.6 Å². The van der Waals surface area contributed by atoms with E-state index in [0.717, 1.165) is 0 Å². The highest BCUT2D eigenvalue weighted by molar-refractivity contribution is 5.80. The van der Waals surface area contributed by atoms with Crippen molar-refractivity contribution in [3.05, 3.63) is 0 Å². The van der Waals surface area contributed by atoms with Gasteiger partial charge in [-0.1, -0.05) is 13.8 Å². The van der Waals surface area contributed by atoms with Gasteiger partial charge >= 0.3 is 0 Å². The van der Waals surface area contributed by atoms with Gasteiger partial charge in [-0.15, -0.1) is 0 Å². The summed E-state index contributed by atoms with van der Waals surface area (Å²) < 4.78 is 0. The first-order valence-corrected chi connectivity index (χ1v) is 4.62. The van der Waals surface area contributed by atoms with Crippen LogP contribution in [0.4, 0.5) is 0 Å². The van der Waals surface area contributed by atoms with Crippen molar-refractivity contribution in [3.8, 4) is 0 Å². The Morgan fingerprint density at radius 1 is 1.38 bits per heavy atom. The monoisotopic (exact) mass is 188 g/mol. The van der Waals surface area contributed by atoms with E-state index in [-0.39, 0.29) is 17.9 Å². The number of rotatable bonds is 5. The maximum absolute atomic E-state index is 11.0. The van der Waals surface area contributed by atoms with Crippen molar-refractivity contribution < 1.29 is 9.90 Å². The van der Waals surface area contributed by atoms with Crippen LogP contribution >= 0.6 is 0 Å². The van der Waals surface area contributed by atoms with Gasteiger partial charge < -0.3 is 15.7 Å². The smallest absolute Gasteiger partial charge is 0.236 e. The Morgan fingerprint density at radius 3 is 2.31 bits per heavy atom. The van der Waals surface area contributed by atoms with E-state index >= 15 is 0 Å². The lowest BCUT2D eigenvalue weighted by atomic mass is 10.1. The number of aliphatic hydroxyl groups is 1. The Kier molecular flexibility index (Phi) is 5.66. The van der Waals surface area contributed by atoms with E-state index in [4.69, 9.17) is 0 Å². The van der Waals surface area contributed by atoms with Gasteiger partial charge in [0.25, 0.3) is 0 Å². The van der Waals surface area contributed by atoms with Gasteiger partial charge in [0.1, 0.15) is 0 Å². The van der Waals surface area contributed by atoms with Crippen LogP contribution in [-0.4, -0.2) is 36.8 Å². The number of likely N-dealkylation sites (N-methyl/N-ethyl adjacent to an activating group) is 1. The molecule has 4 nitrogen and oxygen atoms in total. The second-order valence-electron chi connectivity index (χ2n) is 3.56. The first kappa shape index (κ1) is 12.4. The Labute approximate surface area is 79.7 Å². The highest BCUT2D eigenvalue weighted by atomic mass is 16.3. The van der Waals surface area contributed by atoms with E-state index in [0.29, 0.717) is 6.54 Å². The van der Waals surface area contributed by atoms with Gasteiger partial charge in [-0.2, -0.15) is 0 Å². The normalized spacial score (nSPS) is 15.5. The molecule has 78 valence electrons. The molecule has 4 heteroatoms. The van der Waals surface area contributed by atoms with Crippen LogP contribution < -0.4 is 10.6 Å². The van der Waals surface area contributed by atoms with E-state index in [1.54, 1.807) is 14.0 Å². The van der Waals surface area contributed by atoms with Gasteiger partial charge in [-0.25, -0.2) is 0 Å². The third-order valence-electron chi connectivity index (χ3n) is 2.04. The van der Waals surface area contributed by atoms with Gasteiger partial charge in [0.15, 0.2) is 0 Å². The lowest BCUT2D eigenvalue weighted by Crippen LogP contribution is -2.44. The molecule has 0 saturated carbocycles. The summed E-state index contributed by atoms with van der Waals surface area (Å²) in [7, 11) is 1.60. The zero-order chi connectivity index (χ0) is 10.4. The molecule has 0 heterocycles. The average molecular weight is 188 g/mol. The number of hydrogen-bond donors (Lipinski definition) is 3. The van der Waals surface area contributed by atoms with Crippen molar-refractivity contribution in [3.63, 3.8) is 0 Å². The minimum Gasteiger partial charge on any atom is -0.392 e. The van der Waals surface area contributed by atoms with Crippen molar-refractivity contribution in [1.29, 1.82) is 0 Å². The number of carbonyl (C=O) groups is 1. The molecular formula is C9H20N2O2. The highest BCUT2D eigenvalue weighted by Crippen LogP contribution is 1.99. The van der Waals surface area contributed by atoms with Crippen LogP contribution in [-0.2, 0) is 4.79 Å². The van der Waals surface area contributed by atoms with E-state index in [9.17, 15) is 9.90 Å². The molecule has 0 aromatic heterocycles. The molecule has 0 rings (SSSR count). The fourth-order valence-electron chi connectivity index (χ4n) is 0.842. The Bertz CT molecular complexity index is 160. The topological polar surface area (TPSA) is 61.4 Å². The average Bonchev–Trinajstić information content (AvgIpc) is 2.11. The maximum Gasteiger partial charge on any atom is 0.236 e. The van der Waals surface area contributed by atoms with E-state index < -0.39 is 6.10 Å². The molecule has 3 N–H and O–H groups in total. The van der Waals surface area contributed by atoms with E-state index in [1.165, 1.54) is 0 Å². The SMILES string of the molecule is CNC(=O)C(C)NCC(O)C(C)C. The third-order valence-corrected chi connectivity index (χ3v) is 2.04. The van der Waals surface area contributed by atoms with Crippen molar-refractivity contribution in [1.82, 2.24) is 10.6 Å². The molecule has 13 heavy (non-hydrogen) atoms. The van der Waals surface area contributed by atoms with Crippen LogP contribution in [0.25, 0.3) is 0 Å². The predicted molar refractivity (Wildman–Crippen MR) is 52.4 cm³/mol. The standard InChI is InChI=1S/C9H20N2O2/c1-6(2)8(12)5-11-7(3)9(13)10-4/h6-8,11-12H,5H2,1-4H3,(H,10,13). The summed E-state index contributed by atoms with van der Waals surface area (Å²) in [4.78, 5) is 11.0. The number of aliphatic hydroxyl groups excluding tert-OH is 1. The minimum atomic E-state index is -0.396. The summed E-state index contributed by atoms with van der Waals surface area (Å²) in [6.07, 6.45) is -0.396. The van der Waals surface area contributed by atoms with Gasteiger partial charge in [0, 0.05) is 13.6 Å². The molecule has 2 atom stereocenters. The van der Waals surface area contributed by atoms with Crippen LogP contribution in [0.5, 0.6) is 0 Å². The fraction of sp³-hybridized carbons (Fsp3) is 0.889. The Morgan fingerprint density at radius 2 is 1.92 bits per heavy atom. The van der Waals surface area contributed by atoms with Crippen molar-refractivity contribution in [2.75, 3.05) is 13.6 Å². The molecule has 0 aliphatic carbocycles. The lowest BCUT2D eigenvalue weighted by Gasteiger charge is -2.18. The van der Waals surface area contributed by atoms with Crippen molar-refractivity contribution in [2.24, 2.45) is 5.92 Å². The first-order chi connectivity index (χ1) is 5.99. The summed E-state index contributed by atoms with van der Waals surface area (Å²) in [5, 5.41) is 14.9. The zero-order valence-electron chi connectivity index (χ0n) is 8.79. The second-order valence-corrected chi connectivity index (χ2v) is 3.56. The molecular weight excluding hydrogens is 168 g/mol. The molecule has 0 aliphatic heterocycles. The van der Waals surface area contributed by atoms with E-state index in [1.807, 2.05) is 13.8 Å². The molecule has 1 amide bonds. The van der Waals surface area contributed by atoms with Gasteiger partial charge in [-0.05, 0) is 12.8 Å². The highest BCUT2D eigenvalue weighted by Gasteiger charge is 2.13. The molecule has 2 unspecified atom stereocenters. The van der Waals surface area contributed by atoms with Crippen LogP contribution in [0.15, 0.2) is 0 Å². The minimum absolute atomic E-state index is 0.0593. The molecule has 0 spiro atoms. The Hall–Kier alpha value is -0.610. The van der Waals surface area contributed by atoms with Crippen LogP contribution in [0, 0.1) is 5.92 Å². The number of nitrogens with one attached hydrogen (secondary N) is 2. The summed E-state index contributed by atoms with van der Waals surface area (Å²) in [5.74, 6) is 0.153. The second kappa shape index (κ2) is 5.94. The fourth-order valence-corrected chi connectivity index (χ4v) is 0.842. The molecule has 0 aromatic rings. The quantitative estimate of drug-likeness (QED) is 0.556. The number of carbonyl (C=O) groups excluding carboxylic acids is 1. The Balaban J connectivity index is 3.69. The van der Waals surface area contributed by atoms with Gasteiger partial charge in [0.05, 0.1) is 12.1 Å².